The molecule has 0 rings (SSSR count). The van der Waals surface area contributed by atoms with Crippen molar-refractivity contribution in [2.24, 2.45) is 0 Å². The summed E-state index contributed by atoms with van der Waals surface area (Å²) < 4.78 is 13.5. The molecule has 0 spiro atoms. The van der Waals surface area contributed by atoms with Crippen LogP contribution in [0.4, 0.5) is 0 Å². The zero-order valence-electron chi connectivity index (χ0n) is 6.17. The van der Waals surface area contributed by atoms with Crippen molar-refractivity contribution in [1.29, 1.82) is 0 Å². The molecule has 0 aliphatic heterocycles. The van der Waals surface area contributed by atoms with Crippen molar-refractivity contribution in [2.45, 2.75) is 6.10 Å². The minimum atomic E-state index is -5.07. The molecule has 0 fully saturated rings. The molecule has 0 radical (unpaired) electrons. The van der Waals surface area contributed by atoms with Crippen molar-refractivity contribution < 1.29 is 34.6 Å². The van der Waals surface area contributed by atoms with Gasteiger partial charge in [-0.1, -0.05) is 0 Å². The van der Waals surface area contributed by atoms with Crippen molar-refractivity contribution >= 4 is 30.9 Å². The van der Waals surface area contributed by atoms with Crippen molar-refractivity contribution in [3.05, 3.63) is 0 Å². The van der Waals surface area contributed by atoms with E-state index in [1.165, 1.54) is 0 Å². The average Bonchev–Trinajstić information content (AvgIpc) is 1.81. The Kier molecular flexibility index (Phi) is 12.9. The molecule has 4 N–H and O–H groups in total. The van der Waals surface area contributed by atoms with Crippen LogP contribution in [-0.4, -0.2) is 58.1 Å². The monoisotopic (exact) mass is 212 g/mol. The summed E-state index contributed by atoms with van der Waals surface area (Å²) >= 11 is 0. The van der Waals surface area contributed by atoms with Crippen molar-refractivity contribution in [3.63, 3.8) is 0 Å². The first-order valence-corrected chi connectivity index (χ1v) is 3.88. The number of hydrogen-bond acceptors (Lipinski definition) is 6. The first-order chi connectivity index (χ1) is 4.49. The summed E-state index contributed by atoms with van der Waals surface area (Å²) in [6, 6.07) is 0. The molecule has 0 saturated carbocycles. The Morgan fingerprint density at radius 2 is 1.67 bits per heavy atom. The maximum atomic E-state index is 9.79. The quantitative estimate of drug-likeness (QED) is 0.358. The average molecular weight is 212 g/mol. The van der Waals surface area contributed by atoms with E-state index in [9.17, 15) is 14.4 Å². The zero-order chi connectivity index (χ0) is 8.20. The summed E-state index contributed by atoms with van der Waals surface area (Å²) in [6.45, 7) is -1.41. The Labute approximate surface area is 85.1 Å². The molecule has 0 heterocycles. The Morgan fingerprint density at radius 3 is 1.75 bits per heavy atom. The fraction of sp³-hybridized carbons (Fsp3) is 1.00. The topological polar surface area (TPSA) is 144 Å². The summed E-state index contributed by atoms with van der Waals surface area (Å²) in [4.78, 5) is 19.6. The van der Waals surface area contributed by atoms with Crippen LogP contribution in [0.5, 0.6) is 0 Å². The minimum absolute atomic E-state index is 0. The second kappa shape index (κ2) is 8.36. The van der Waals surface area contributed by atoms with E-state index in [1.54, 1.807) is 0 Å². The first kappa shape index (κ1) is 18.5. The maximum Gasteiger partial charge on any atom is 2.00 e. The van der Waals surface area contributed by atoms with Crippen LogP contribution in [0.3, 0.4) is 0 Å². The van der Waals surface area contributed by atoms with Gasteiger partial charge < -0.3 is 34.6 Å². The van der Waals surface area contributed by atoms with E-state index in [1.807, 2.05) is 0 Å². The summed E-state index contributed by atoms with van der Waals surface area (Å²) in [5, 5.41) is 16.4. The maximum absolute atomic E-state index is 9.79. The van der Waals surface area contributed by atoms with Gasteiger partial charge in [0.15, 0.2) is 0 Å². The summed E-state index contributed by atoms with van der Waals surface area (Å²) in [7, 11) is -5.07. The summed E-state index contributed by atoms with van der Waals surface area (Å²) in [5.74, 6) is 0. The third-order valence-electron chi connectivity index (χ3n) is 0.685. The minimum Gasteiger partial charge on any atom is -0.790 e. The Balaban J connectivity index is -0.000000405. The molecule has 9 heteroatoms. The molecular formula is C3H9MgO7P. The van der Waals surface area contributed by atoms with Gasteiger partial charge in [-0.3, -0.25) is 0 Å². The molecular weight excluding hydrogens is 203 g/mol. The third kappa shape index (κ3) is 10.8. The van der Waals surface area contributed by atoms with Gasteiger partial charge in [0.1, 0.15) is 6.10 Å². The van der Waals surface area contributed by atoms with E-state index in [0.717, 1.165) is 0 Å². The van der Waals surface area contributed by atoms with Crippen LogP contribution in [0.1, 0.15) is 0 Å². The molecule has 0 bridgehead atoms. The van der Waals surface area contributed by atoms with Crippen LogP contribution in [0.2, 0.25) is 0 Å². The van der Waals surface area contributed by atoms with Gasteiger partial charge in [0.25, 0.3) is 0 Å². The van der Waals surface area contributed by atoms with Gasteiger partial charge in [0.2, 0.25) is 0 Å². The SMILES string of the molecule is O.O=P([O-])([O-])OC(CO)CO.[Mg+2]. The van der Waals surface area contributed by atoms with Crippen molar-refractivity contribution in [2.75, 3.05) is 13.2 Å². The predicted octanol–water partition coefficient (Wildman–Crippen LogP) is -4.02. The van der Waals surface area contributed by atoms with Crippen LogP contribution >= 0.6 is 7.82 Å². The Morgan fingerprint density at radius 1 is 1.33 bits per heavy atom. The van der Waals surface area contributed by atoms with E-state index in [-0.39, 0.29) is 28.5 Å². The summed E-state index contributed by atoms with van der Waals surface area (Å²) in [6.07, 6.45) is -1.33. The fourth-order valence-corrected chi connectivity index (χ4v) is 0.805. The van der Waals surface area contributed by atoms with Gasteiger partial charge >= 0.3 is 23.1 Å². The van der Waals surface area contributed by atoms with Gasteiger partial charge in [0, 0.05) is 0 Å². The number of hydrogen-bond donors (Lipinski definition) is 2. The van der Waals surface area contributed by atoms with Crippen LogP contribution in [0, 0.1) is 0 Å². The number of rotatable bonds is 4. The molecule has 0 aromatic rings. The third-order valence-corrected chi connectivity index (χ3v) is 1.24. The molecule has 0 aromatic carbocycles. The van der Waals surface area contributed by atoms with Crippen molar-refractivity contribution in [3.8, 4) is 0 Å². The van der Waals surface area contributed by atoms with E-state index >= 15 is 0 Å². The standard InChI is InChI=1S/C3H9O6P.Mg.H2O/c4-1-3(2-5)9-10(6,7)8;;/h3-5H,1-2H2,(H2,6,7,8);;1H2/q;+2;/p-2. The summed E-state index contributed by atoms with van der Waals surface area (Å²) in [5.41, 5.74) is 0. The van der Waals surface area contributed by atoms with E-state index in [0.29, 0.717) is 0 Å². The molecule has 0 aliphatic rings. The van der Waals surface area contributed by atoms with Crippen LogP contribution < -0.4 is 9.79 Å². The second-order valence-corrected chi connectivity index (χ2v) is 2.65. The molecule has 0 saturated heterocycles. The smallest absolute Gasteiger partial charge is 0.790 e. The molecule has 0 aromatic heterocycles. The first-order valence-electron chi connectivity index (χ1n) is 2.41. The van der Waals surface area contributed by atoms with Crippen molar-refractivity contribution in [1.82, 2.24) is 0 Å². The number of phosphoric ester groups is 1. The van der Waals surface area contributed by atoms with E-state index < -0.39 is 27.1 Å². The van der Waals surface area contributed by atoms with E-state index in [2.05, 4.69) is 4.52 Å². The zero-order valence-corrected chi connectivity index (χ0v) is 8.48. The van der Waals surface area contributed by atoms with Gasteiger partial charge in [-0.25, -0.2) is 0 Å². The molecule has 0 atom stereocenters. The van der Waals surface area contributed by atoms with Crippen LogP contribution in [-0.2, 0) is 9.09 Å². The van der Waals surface area contributed by atoms with Gasteiger partial charge in [-0.05, 0) is 0 Å². The number of phosphoric acid groups is 1. The number of aliphatic hydroxyl groups is 2. The van der Waals surface area contributed by atoms with E-state index in [4.69, 9.17) is 10.2 Å². The largest absolute Gasteiger partial charge is 2.00 e. The molecule has 0 unspecified atom stereocenters. The van der Waals surface area contributed by atoms with Crippen LogP contribution in [0.25, 0.3) is 0 Å². The molecule has 0 amide bonds. The van der Waals surface area contributed by atoms with Crippen LogP contribution in [0.15, 0.2) is 0 Å². The molecule has 70 valence electrons. The van der Waals surface area contributed by atoms with Gasteiger partial charge in [-0.2, -0.15) is 0 Å². The fourth-order valence-electron chi connectivity index (χ4n) is 0.307. The molecule has 12 heavy (non-hydrogen) atoms. The van der Waals surface area contributed by atoms with Gasteiger partial charge in [-0.15, -0.1) is 0 Å². The molecule has 0 aliphatic carbocycles. The predicted molar refractivity (Wildman–Crippen MR) is 36.0 cm³/mol. The second-order valence-electron chi connectivity index (χ2n) is 1.54. The number of aliphatic hydroxyl groups excluding tert-OH is 2. The Hall–Kier alpha value is 0.756. The van der Waals surface area contributed by atoms with Gasteiger partial charge in [0.05, 0.1) is 21.0 Å². The normalized spacial score (nSPS) is 10.4. The molecule has 7 nitrogen and oxygen atoms in total. The Bertz CT molecular complexity index is 131.